The Labute approximate surface area is 141 Å². The molecule has 1 aromatic heterocycles. The molecule has 23 heavy (non-hydrogen) atoms. The molecule has 0 saturated heterocycles. The van der Waals surface area contributed by atoms with Gasteiger partial charge in [-0.25, -0.2) is 4.39 Å². The van der Waals surface area contributed by atoms with Crippen LogP contribution in [0.4, 0.5) is 9.52 Å². The molecular formula is C15H16FN3O2S2. The van der Waals surface area contributed by atoms with Gasteiger partial charge in [-0.1, -0.05) is 31.3 Å². The number of ketones is 1. The van der Waals surface area contributed by atoms with Crippen LogP contribution >= 0.6 is 23.1 Å². The standard InChI is InChI=1S/C15H16FN3O2S2/c1-8(2)14-18-19-15(23-14)17-13(21)7-22-12-5-4-10(9(3)20)6-11(12)16/h4-6,8H,7H2,1-3H3,(H,17,19,21). The van der Waals surface area contributed by atoms with Crippen molar-refractivity contribution in [1.82, 2.24) is 10.2 Å². The molecule has 0 atom stereocenters. The van der Waals surface area contributed by atoms with Gasteiger partial charge in [0.15, 0.2) is 5.78 Å². The number of benzene rings is 1. The van der Waals surface area contributed by atoms with Gasteiger partial charge >= 0.3 is 0 Å². The van der Waals surface area contributed by atoms with Crippen LogP contribution in [-0.4, -0.2) is 27.6 Å². The highest BCUT2D eigenvalue weighted by Gasteiger charge is 2.12. The number of rotatable bonds is 6. The highest BCUT2D eigenvalue weighted by atomic mass is 32.2. The zero-order valence-corrected chi connectivity index (χ0v) is 14.6. The third-order valence-electron chi connectivity index (χ3n) is 2.88. The van der Waals surface area contributed by atoms with Crippen LogP contribution < -0.4 is 5.32 Å². The molecule has 0 fully saturated rings. The molecule has 0 spiro atoms. The molecule has 2 aromatic rings. The smallest absolute Gasteiger partial charge is 0.236 e. The molecule has 0 aliphatic carbocycles. The summed E-state index contributed by atoms with van der Waals surface area (Å²) in [5.74, 6) is -0.686. The first-order valence-electron chi connectivity index (χ1n) is 6.93. The molecule has 2 rings (SSSR count). The number of anilines is 1. The number of carbonyl (C=O) groups excluding carboxylic acids is 2. The maximum atomic E-state index is 13.9. The summed E-state index contributed by atoms with van der Waals surface area (Å²) in [6.45, 7) is 5.37. The first-order valence-corrected chi connectivity index (χ1v) is 8.73. The summed E-state index contributed by atoms with van der Waals surface area (Å²) >= 11 is 2.39. The van der Waals surface area contributed by atoms with E-state index in [4.69, 9.17) is 0 Å². The van der Waals surface area contributed by atoms with Crippen LogP contribution in [0.2, 0.25) is 0 Å². The summed E-state index contributed by atoms with van der Waals surface area (Å²) in [5.41, 5.74) is 0.311. The lowest BCUT2D eigenvalue weighted by molar-refractivity contribution is -0.113. The second-order valence-corrected chi connectivity index (χ2v) is 7.16. The number of nitrogens with one attached hydrogen (secondary N) is 1. The van der Waals surface area contributed by atoms with E-state index in [1.54, 1.807) is 6.07 Å². The normalized spacial score (nSPS) is 10.8. The van der Waals surface area contributed by atoms with Crippen molar-refractivity contribution >= 4 is 39.9 Å². The van der Waals surface area contributed by atoms with E-state index in [-0.39, 0.29) is 23.4 Å². The second kappa shape index (κ2) is 7.65. The Morgan fingerprint density at radius 3 is 2.65 bits per heavy atom. The van der Waals surface area contributed by atoms with Gasteiger partial charge in [0.05, 0.1) is 5.75 Å². The maximum absolute atomic E-state index is 13.9. The van der Waals surface area contributed by atoms with Crippen LogP contribution in [0.5, 0.6) is 0 Å². The zero-order chi connectivity index (χ0) is 17.0. The molecule has 0 radical (unpaired) electrons. The van der Waals surface area contributed by atoms with Gasteiger partial charge in [-0.15, -0.1) is 22.0 Å². The van der Waals surface area contributed by atoms with E-state index in [0.29, 0.717) is 15.6 Å². The molecule has 0 saturated carbocycles. The summed E-state index contributed by atoms with van der Waals surface area (Å²) in [6.07, 6.45) is 0. The molecule has 0 unspecified atom stereocenters. The molecule has 0 bridgehead atoms. The number of halogens is 1. The van der Waals surface area contributed by atoms with Crippen LogP contribution in [0.25, 0.3) is 0 Å². The van der Waals surface area contributed by atoms with E-state index in [2.05, 4.69) is 15.5 Å². The minimum absolute atomic E-state index is 0.0485. The van der Waals surface area contributed by atoms with E-state index >= 15 is 0 Å². The fourth-order valence-electron chi connectivity index (χ4n) is 1.65. The highest BCUT2D eigenvalue weighted by Crippen LogP contribution is 2.25. The number of hydrogen-bond acceptors (Lipinski definition) is 6. The highest BCUT2D eigenvalue weighted by molar-refractivity contribution is 8.00. The monoisotopic (exact) mass is 353 g/mol. The van der Waals surface area contributed by atoms with Crippen LogP contribution in [0.15, 0.2) is 23.1 Å². The van der Waals surface area contributed by atoms with Crippen LogP contribution in [0.3, 0.4) is 0 Å². The molecule has 1 heterocycles. The average molecular weight is 353 g/mol. The summed E-state index contributed by atoms with van der Waals surface area (Å²) in [6, 6.07) is 4.24. The minimum Gasteiger partial charge on any atom is -0.300 e. The predicted molar refractivity (Wildman–Crippen MR) is 89.8 cm³/mol. The zero-order valence-electron chi connectivity index (χ0n) is 12.9. The average Bonchev–Trinajstić information content (AvgIpc) is 2.94. The molecule has 0 aliphatic rings. The van der Waals surface area contributed by atoms with Gasteiger partial charge in [0.25, 0.3) is 0 Å². The van der Waals surface area contributed by atoms with E-state index in [0.717, 1.165) is 16.8 Å². The van der Waals surface area contributed by atoms with Crippen molar-refractivity contribution < 1.29 is 14.0 Å². The van der Waals surface area contributed by atoms with Crippen molar-refractivity contribution in [2.75, 3.05) is 11.1 Å². The number of amides is 1. The van der Waals surface area contributed by atoms with Crippen molar-refractivity contribution in [3.63, 3.8) is 0 Å². The predicted octanol–water partition coefficient (Wildman–Crippen LogP) is 3.73. The Bertz CT molecular complexity index is 731. The Hall–Kier alpha value is -1.80. The summed E-state index contributed by atoms with van der Waals surface area (Å²) in [7, 11) is 0. The maximum Gasteiger partial charge on any atom is 0.236 e. The SMILES string of the molecule is CC(=O)c1ccc(SCC(=O)Nc2nnc(C(C)C)s2)c(F)c1. The summed E-state index contributed by atoms with van der Waals surface area (Å²) < 4.78 is 13.9. The van der Waals surface area contributed by atoms with Gasteiger partial charge in [0.2, 0.25) is 11.0 Å². The molecule has 122 valence electrons. The molecule has 1 aromatic carbocycles. The molecule has 1 N–H and O–H groups in total. The quantitative estimate of drug-likeness (QED) is 0.633. The third kappa shape index (κ3) is 4.84. The molecule has 8 heteroatoms. The first kappa shape index (κ1) is 17.6. The number of thioether (sulfide) groups is 1. The van der Waals surface area contributed by atoms with Gasteiger partial charge in [-0.3, -0.25) is 14.9 Å². The van der Waals surface area contributed by atoms with Gasteiger partial charge < -0.3 is 0 Å². The largest absolute Gasteiger partial charge is 0.300 e. The summed E-state index contributed by atoms with van der Waals surface area (Å²) in [5, 5.41) is 11.8. The minimum atomic E-state index is -0.506. The van der Waals surface area contributed by atoms with Gasteiger partial charge in [0.1, 0.15) is 10.8 Å². The van der Waals surface area contributed by atoms with Crippen molar-refractivity contribution in [3.8, 4) is 0 Å². The Balaban J connectivity index is 1.92. The van der Waals surface area contributed by atoms with E-state index in [9.17, 15) is 14.0 Å². The van der Waals surface area contributed by atoms with E-state index < -0.39 is 5.82 Å². The number of carbonyl (C=O) groups is 2. The lowest BCUT2D eigenvalue weighted by Gasteiger charge is -2.04. The lowest BCUT2D eigenvalue weighted by atomic mass is 10.1. The number of hydrogen-bond donors (Lipinski definition) is 1. The Morgan fingerprint density at radius 1 is 1.35 bits per heavy atom. The van der Waals surface area contributed by atoms with Crippen LogP contribution in [0.1, 0.15) is 42.1 Å². The summed E-state index contributed by atoms with van der Waals surface area (Å²) in [4.78, 5) is 23.4. The van der Waals surface area contributed by atoms with Crippen molar-refractivity contribution in [1.29, 1.82) is 0 Å². The number of nitrogens with zero attached hydrogens (tertiary/aromatic N) is 2. The molecule has 0 aliphatic heterocycles. The molecule has 5 nitrogen and oxygen atoms in total. The van der Waals surface area contributed by atoms with Crippen LogP contribution in [-0.2, 0) is 4.79 Å². The van der Waals surface area contributed by atoms with Crippen molar-refractivity contribution in [3.05, 3.63) is 34.6 Å². The lowest BCUT2D eigenvalue weighted by Crippen LogP contribution is -2.14. The number of aromatic nitrogens is 2. The first-order chi connectivity index (χ1) is 10.9. The third-order valence-corrected chi connectivity index (χ3v) is 5.07. The molecular weight excluding hydrogens is 337 g/mol. The van der Waals surface area contributed by atoms with Gasteiger partial charge in [0, 0.05) is 16.4 Å². The Kier molecular flexibility index (Phi) is 5.84. The Morgan fingerprint density at radius 2 is 2.09 bits per heavy atom. The van der Waals surface area contributed by atoms with Crippen molar-refractivity contribution in [2.24, 2.45) is 0 Å². The molecule has 1 amide bonds. The van der Waals surface area contributed by atoms with E-state index in [1.165, 1.54) is 30.4 Å². The van der Waals surface area contributed by atoms with Gasteiger partial charge in [-0.2, -0.15) is 0 Å². The van der Waals surface area contributed by atoms with Gasteiger partial charge in [-0.05, 0) is 19.1 Å². The number of Topliss-reactive ketones (excluding diaryl/α,β-unsaturated/α-hetero) is 1. The fraction of sp³-hybridized carbons (Fsp3) is 0.333. The second-order valence-electron chi connectivity index (χ2n) is 5.14. The fourth-order valence-corrected chi connectivity index (χ4v) is 3.14. The van der Waals surface area contributed by atoms with Crippen LogP contribution in [0, 0.1) is 5.82 Å². The van der Waals surface area contributed by atoms with Crippen molar-refractivity contribution in [2.45, 2.75) is 31.6 Å². The van der Waals surface area contributed by atoms with E-state index in [1.807, 2.05) is 13.8 Å². The topological polar surface area (TPSA) is 72.0 Å².